The van der Waals surface area contributed by atoms with Crippen molar-refractivity contribution in [3.8, 4) is 17.3 Å². The Labute approximate surface area is 272 Å². The number of aromatic amines is 1. The van der Waals surface area contributed by atoms with Crippen LogP contribution in [0, 0.1) is 5.92 Å². The van der Waals surface area contributed by atoms with Crippen molar-refractivity contribution in [2.24, 2.45) is 11.1 Å². The Hall–Kier alpha value is -5.26. The standard InChI is InChI=1S/C25H28N8O13S2/c1-25(2,22(41)42)46-30-19(14-9-47-23(26)28-14)16(37)3-11-6-31(21(11)40)18(39)10-48(44,45)33-24(43)32(7-12(35)8-34)20(29-33)13-4-15(36)17(38)5-27-13/h4-5,9,11-12,34-35,38H,3,6-8,10H2,1-2H3,(H2,26,28)(H,27,36)(H,41,42)/b30-19-/t11-,12-/m0/s1. The van der Waals surface area contributed by atoms with Crippen molar-refractivity contribution >= 4 is 55.8 Å². The predicted molar refractivity (Wildman–Crippen MR) is 162 cm³/mol. The van der Waals surface area contributed by atoms with Crippen molar-refractivity contribution < 1.29 is 52.9 Å². The third kappa shape index (κ3) is 7.32. The average Bonchev–Trinajstić information content (AvgIpc) is 3.58. The number of aliphatic carboxylic acids is 1. The number of nitrogens with zero attached hydrogens (tertiary/aromatic N) is 6. The number of carbonyl (C=O) groups excluding carboxylic acids is 3. The Morgan fingerprint density at radius 3 is 2.52 bits per heavy atom. The van der Waals surface area contributed by atoms with Crippen molar-refractivity contribution in [1.82, 2.24) is 28.6 Å². The first-order chi connectivity index (χ1) is 22.4. The highest BCUT2D eigenvalue weighted by Gasteiger charge is 2.44. The number of imide groups is 1. The molecule has 2 atom stereocenters. The number of H-pyrrole nitrogens is 1. The summed E-state index contributed by atoms with van der Waals surface area (Å²) in [4.78, 5) is 87.2. The molecule has 48 heavy (non-hydrogen) atoms. The molecule has 0 spiro atoms. The number of carboxylic acid groups (broad SMARTS) is 1. The molecule has 1 fully saturated rings. The van der Waals surface area contributed by atoms with E-state index in [0.717, 1.165) is 23.6 Å². The fourth-order valence-corrected chi connectivity index (χ4v) is 5.78. The molecule has 2 amide bonds. The summed E-state index contributed by atoms with van der Waals surface area (Å²) in [5.74, 6) is -8.17. The molecule has 0 bridgehead atoms. The number of anilines is 1. The second-order valence-electron chi connectivity index (χ2n) is 10.8. The number of nitrogens with two attached hydrogens (primary N) is 1. The lowest BCUT2D eigenvalue weighted by atomic mass is 9.91. The molecule has 23 heteroatoms. The lowest BCUT2D eigenvalue weighted by molar-refractivity contribution is -0.161. The number of hydrogen-bond acceptors (Lipinski definition) is 17. The summed E-state index contributed by atoms with van der Waals surface area (Å²) in [7, 11) is -4.95. The van der Waals surface area contributed by atoms with Gasteiger partial charge in [0, 0.05) is 30.6 Å². The van der Waals surface area contributed by atoms with Crippen LogP contribution >= 0.6 is 11.3 Å². The molecule has 0 radical (unpaired) electrons. The number of carbonyl (C=O) groups is 4. The van der Waals surface area contributed by atoms with Gasteiger partial charge in [0.1, 0.15) is 5.69 Å². The maximum atomic E-state index is 13.2. The smallest absolute Gasteiger partial charge is 0.360 e. The summed E-state index contributed by atoms with van der Waals surface area (Å²) in [5, 5.41) is 46.7. The Morgan fingerprint density at radius 1 is 1.27 bits per heavy atom. The Kier molecular flexibility index (Phi) is 9.98. The van der Waals surface area contributed by atoms with Gasteiger partial charge in [0.15, 0.2) is 34.0 Å². The third-order valence-electron chi connectivity index (χ3n) is 6.80. The van der Waals surface area contributed by atoms with Crippen LogP contribution in [-0.2, 0) is 40.6 Å². The molecule has 1 aliphatic heterocycles. The largest absolute Gasteiger partial charge is 0.503 e. The molecule has 3 aromatic heterocycles. The van der Waals surface area contributed by atoms with Crippen LogP contribution in [0.3, 0.4) is 0 Å². The van der Waals surface area contributed by atoms with E-state index in [0.29, 0.717) is 9.47 Å². The predicted octanol–water partition coefficient (Wildman–Crippen LogP) is -3.10. The summed E-state index contributed by atoms with van der Waals surface area (Å²) in [6.07, 6.45) is -1.28. The number of amides is 2. The second kappa shape index (κ2) is 13.5. The molecular weight excluding hydrogens is 684 g/mol. The fraction of sp³-hybridized carbons (Fsp3) is 0.400. The number of aromatic nitrogens is 5. The number of Topliss-reactive ketones (excluding diaryl/α,β-unsaturated/α-hetero) is 1. The molecular formula is C25H28N8O13S2. The van der Waals surface area contributed by atoms with Gasteiger partial charge in [0.05, 0.1) is 30.9 Å². The van der Waals surface area contributed by atoms with Crippen LogP contribution in [0.5, 0.6) is 5.75 Å². The molecule has 0 aliphatic carbocycles. The molecule has 21 nitrogen and oxygen atoms in total. The van der Waals surface area contributed by atoms with Crippen LogP contribution < -0.4 is 16.9 Å². The summed E-state index contributed by atoms with van der Waals surface area (Å²) >= 11 is 0.949. The number of carboxylic acids is 1. The van der Waals surface area contributed by atoms with Crippen LogP contribution in [0.4, 0.5) is 5.13 Å². The normalized spacial score (nSPS) is 16.0. The maximum Gasteiger partial charge on any atom is 0.360 e. The molecule has 258 valence electrons. The van der Waals surface area contributed by atoms with E-state index in [9.17, 15) is 57.6 Å². The number of β-lactam (4-membered cyclic amide) rings is 1. The van der Waals surface area contributed by atoms with E-state index in [-0.39, 0.29) is 20.6 Å². The fourth-order valence-electron chi connectivity index (χ4n) is 4.11. The molecule has 0 aromatic carbocycles. The van der Waals surface area contributed by atoms with Crippen molar-refractivity contribution in [3.63, 3.8) is 0 Å². The minimum Gasteiger partial charge on any atom is -0.503 e. The summed E-state index contributed by atoms with van der Waals surface area (Å²) in [5.41, 5.74) is 0.721. The molecule has 7 N–H and O–H groups in total. The molecule has 0 saturated carbocycles. The van der Waals surface area contributed by atoms with E-state index in [4.69, 9.17) is 10.6 Å². The number of likely N-dealkylation sites (tertiary alicyclic amines) is 1. The highest BCUT2D eigenvalue weighted by Crippen LogP contribution is 2.24. The van der Waals surface area contributed by atoms with Gasteiger partial charge in [0.2, 0.25) is 22.8 Å². The topological polar surface area (TPSA) is 320 Å². The maximum absolute atomic E-state index is 13.2. The Balaban J connectivity index is 1.52. The quantitative estimate of drug-likeness (QED) is 0.0548. The number of aromatic hydroxyl groups is 1. The first-order valence-electron chi connectivity index (χ1n) is 13.6. The number of aliphatic hydroxyl groups is 2. The van der Waals surface area contributed by atoms with Gasteiger partial charge in [0.25, 0.3) is 10.0 Å². The highest BCUT2D eigenvalue weighted by molar-refractivity contribution is 7.90. The van der Waals surface area contributed by atoms with Crippen molar-refractivity contribution in [1.29, 1.82) is 0 Å². The Morgan fingerprint density at radius 2 is 1.96 bits per heavy atom. The van der Waals surface area contributed by atoms with Gasteiger partial charge >= 0.3 is 11.7 Å². The van der Waals surface area contributed by atoms with E-state index in [1.54, 1.807) is 0 Å². The molecule has 1 saturated heterocycles. The van der Waals surface area contributed by atoms with Gasteiger partial charge in [-0.15, -0.1) is 20.5 Å². The van der Waals surface area contributed by atoms with Crippen LogP contribution in [0.15, 0.2) is 32.4 Å². The lowest BCUT2D eigenvalue weighted by Gasteiger charge is -2.36. The zero-order valence-corrected chi connectivity index (χ0v) is 26.6. The van der Waals surface area contributed by atoms with E-state index >= 15 is 0 Å². The van der Waals surface area contributed by atoms with E-state index in [1.807, 2.05) is 0 Å². The highest BCUT2D eigenvalue weighted by atomic mass is 32.2. The van der Waals surface area contributed by atoms with Crippen molar-refractivity contribution in [3.05, 3.63) is 44.0 Å². The number of thiazole rings is 1. The van der Waals surface area contributed by atoms with Gasteiger partial charge in [-0.25, -0.2) is 23.0 Å². The number of nitrogens with one attached hydrogen (secondary N) is 1. The zero-order chi connectivity index (χ0) is 35.7. The first kappa shape index (κ1) is 35.6. The van der Waals surface area contributed by atoms with E-state index in [1.165, 1.54) is 19.2 Å². The van der Waals surface area contributed by atoms with E-state index < -0.39 is 111 Å². The molecule has 4 heterocycles. The SMILES string of the molecule is CC(C)(O/N=C(\C(=O)C[C@H]1CN(C(=O)CS(=O)(=O)n2nc(-c3cc(=O)c(O)c[nH]3)n(C[C@H](O)CO)c2=O)C1=O)c1csc(N)n1)C(=O)O. The molecule has 1 aliphatic rings. The monoisotopic (exact) mass is 712 g/mol. The number of hydrogen-bond donors (Lipinski definition) is 6. The lowest BCUT2D eigenvalue weighted by Crippen LogP contribution is -2.57. The van der Waals surface area contributed by atoms with Gasteiger partial charge in [-0.2, -0.15) is 0 Å². The molecule has 0 unspecified atom stereocenters. The molecule has 3 aromatic rings. The van der Waals surface area contributed by atoms with Crippen LogP contribution in [0.2, 0.25) is 0 Å². The van der Waals surface area contributed by atoms with Crippen LogP contribution in [-0.4, -0.2) is 117 Å². The minimum atomic E-state index is -4.95. The number of pyridine rings is 1. The molecule has 4 rings (SSSR count). The van der Waals surface area contributed by atoms with Crippen LogP contribution in [0.25, 0.3) is 11.5 Å². The average molecular weight is 713 g/mol. The number of oxime groups is 1. The number of aliphatic hydroxyl groups excluding tert-OH is 2. The van der Waals surface area contributed by atoms with E-state index in [2.05, 4.69) is 20.2 Å². The van der Waals surface area contributed by atoms with Gasteiger partial charge < -0.3 is 36.0 Å². The summed E-state index contributed by atoms with van der Waals surface area (Å²) in [6.45, 7) is 0.423. The zero-order valence-electron chi connectivity index (χ0n) is 25.0. The number of nitrogen functional groups attached to an aromatic ring is 1. The number of ketones is 1. The van der Waals surface area contributed by atoms with Gasteiger partial charge in [-0.1, -0.05) is 5.16 Å². The van der Waals surface area contributed by atoms with Crippen molar-refractivity contribution in [2.45, 2.75) is 38.5 Å². The van der Waals surface area contributed by atoms with Crippen molar-refractivity contribution in [2.75, 3.05) is 24.6 Å². The summed E-state index contributed by atoms with van der Waals surface area (Å²) < 4.78 is 26.8. The second-order valence-corrected chi connectivity index (χ2v) is 13.5. The first-order valence-corrected chi connectivity index (χ1v) is 16.1. The van der Waals surface area contributed by atoms with Gasteiger partial charge in [-0.3, -0.25) is 28.6 Å². The summed E-state index contributed by atoms with van der Waals surface area (Å²) in [6, 6.07) is 0.792. The Bertz CT molecular complexity index is 2040. The number of rotatable bonds is 14. The van der Waals surface area contributed by atoms with Gasteiger partial charge in [-0.05, 0) is 13.8 Å². The minimum absolute atomic E-state index is 0.0534. The third-order valence-corrected chi connectivity index (χ3v) is 8.85. The van der Waals surface area contributed by atoms with Crippen LogP contribution in [0.1, 0.15) is 26.0 Å².